The summed E-state index contributed by atoms with van der Waals surface area (Å²) < 4.78 is 0. The van der Waals surface area contributed by atoms with E-state index in [9.17, 15) is 4.79 Å². The number of nitrogens with two attached hydrogens (primary N) is 1. The number of hydrogen-bond acceptors (Lipinski definition) is 3. The summed E-state index contributed by atoms with van der Waals surface area (Å²) in [7, 11) is 0. The number of nitrogens with one attached hydrogen (secondary N) is 2. The fourth-order valence-corrected chi connectivity index (χ4v) is 0.322. The van der Waals surface area contributed by atoms with Gasteiger partial charge in [0.15, 0.2) is 0 Å². The smallest absolute Gasteiger partial charge is 0.233 e. The zero-order valence-electron chi connectivity index (χ0n) is 5.61. The van der Waals surface area contributed by atoms with Crippen molar-refractivity contribution >= 4 is 5.91 Å². The van der Waals surface area contributed by atoms with Gasteiger partial charge >= 0.3 is 0 Å². The second kappa shape index (κ2) is 5.53. The molecule has 0 aliphatic carbocycles. The van der Waals surface area contributed by atoms with E-state index in [0.717, 1.165) is 0 Å². The first-order valence-corrected chi connectivity index (χ1v) is 3.03. The van der Waals surface area contributed by atoms with Crippen molar-refractivity contribution in [1.82, 2.24) is 10.9 Å². The van der Waals surface area contributed by atoms with Crippen LogP contribution in [0, 0.1) is 0 Å². The summed E-state index contributed by atoms with van der Waals surface area (Å²) in [6.07, 6.45) is 0.498. The highest BCUT2D eigenvalue weighted by atomic mass is 16.2. The lowest BCUT2D eigenvalue weighted by Gasteiger charge is -2.02. The summed E-state index contributed by atoms with van der Waals surface area (Å²) in [4.78, 5) is 10.5. The summed E-state index contributed by atoms with van der Waals surface area (Å²) in [6, 6.07) is 0. The van der Waals surface area contributed by atoms with Crippen molar-refractivity contribution in [1.29, 1.82) is 0 Å². The molecule has 0 atom stereocenters. The maximum atomic E-state index is 10.5. The van der Waals surface area contributed by atoms with Gasteiger partial charge in [0.25, 0.3) is 0 Å². The normalized spacial score (nSPS) is 9.11. The van der Waals surface area contributed by atoms with Crippen LogP contribution < -0.4 is 16.6 Å². The highest BCUT2D eigenvalue weighted by Gasteiger charge is 1.91. The van der Waals surface area contributed by atoms with Crippen LogP contribution in [0.15, 0.2) is 0 Å². The molecule has 0 saturated carbocycles. The van der Waals surface area contributed by atoms with E-state index in [1.165, 1.54) is 0 Å². The van der Waals surface area contributed by atoms with Gasteiger partial charge in [-0.25, -0.2) is 5.43 Å². The molecule has 9 heavy (non-hydrogen) atoms. The third-order valence-corrected chi connectivity index (χ3v) is 0.818. The minimum absolute atomic E-state index is 0.0107. The first kappa shape index (κ1) is 8.39. The molecule has 0 heterocycles. The molecule has 4 heteroatoms. The third-order valence-electron chi connectivity index (χ3n) is 0.818. The van der Waals surface area contributed by atoms with E-state index in [-0.39, 0.29) is 5.91 Å². The van der Waals surface area contributed by atoms with Gasteiger partial charge in [-0.3, -0.25) is 10.2 Å². The minimum atomic E-state index is -0.0107. The van der Waals surface area contributed by atoms with Gasteiger partial charge in [-0.05, 0) is 0 Å². The molecule has 0 aromatic rings. The molecule has 54 valence electrons. The molecule has 4 nitrogen and oxygen atoms in total. The Hall–Kier alpha value is -0.610. The van der Waals surface area contributed by atoms with E-state index in [1.54, 1.807) is 6.92 Å². The van der Waals surface area contributed by atoms with Crippen molar-refractivity contribution in [2.75, 3.05) is 13.1 Å². The predicted octanol–water partition coefficient (Wildman–Crippen LogP) is -1.02. The van der Waals surface area contributed by atoms with Gasteiger partial charge in [0.1, 0.15) is 0 Å². The van der Waals surface area contributed by atoms with Crippen LogP contribution >= 0.6 is 0 Å². The van der Waals surface area contributed by atoms with Crippen molar-refractivity contribution in [3.63, 3.8) is 0 Å². The van der Waals surface area contributed by atoms with Crippen molar-refractivity contribution in [3.8, 4) is 0 Å². The molecule has 0 aromatic carbocycles. The highest BCUT2D eigenvalue weighted by molar-refractivity contribution is 5.74. The lowest BCUT2D eigenvalue weighted by atomic mass is 10.5. The Kier molecular flexibility index (Phi) is 5.15. The first-order chi connectivity index (χ1) is 4.31. The third kappa shape index (κ3) is 5.26. The van der Waals surface area contributed by atoms with Gasteiger partial charge in [0.05, 0.1) is 0 Å². The van der Waals surface area contributed by atoms with Crippen LogP contribution in [0.3, 0.4) is 0 Å². The predicted molar refractivity (Wildman–Crippen MR) is 35.5 cm³/mol. The number of rotatable bonds is 4. The van der Waals surface area contributed by atoms with Crippen molar-refractivity contribution in [2.24, 2.45) is 5.73 Å². The Bertz CT molecular complexity index is 84.3. The van der Waals surface area contributed by atoms with Gasteiger partial charge in [0.2, 0.25) is 5.91 Å². The first-order valence-electron chi connectivity index (χ1n) is 3.03. The number of hydrogen-bond donors (Lipinski definition) is 3. The minimum Gasteiger partial charge on any atom is -0.329 e. The van der Waals surface area contributed by atoms with E-state index in [2.05, 4.69) is 10.9 Å². The number of carbonyl (C=O) groups is 1. The Labute approximate surface area is 54.8 Å². The number of carbonyl (C=O) groups excluding carboxylic acids is 1. The van der Waals surface area contributed by atoms with Crippen molar-refractivity contribution in [2.45, 2.75) is 13.3 Å². The largest absolute Gasteiger partial charge is 0.329 e. The molecule has 0 unspecified atom stereocenters. The van der Waals surface area contributed by atoms with Gasteiger partial charge < -0.3 is 5.73 Å². The summed E-state index contributed by atoms with van der Waals surface area (Å²) in [5, 5.41) is 0. The van der Waals surface area contributed by atoms with Crippen LogP contribution in [0.2, 0.25) is 0 Å². The fraction of sp³-hybridized carbons (Fsp3) is 0.800. The van der Waals surface area contributed by atoms with E-state index < -0.39 is 0 Å². The summed E-state index contributed by atoms with van der Waals surface area (Å²) in [6.45, 7) is 2.94. The van der Waals surface area contributed by atoms with Crippen LogP contribution in [0.1, 0.15) is 13.3 Å². The Morgan fingerprint density at radius 3 is 2.78 bits per heavy atom. The van der Waals surface area contributed by atoms with Crippen LogP contribution in [-0.4, -0.2) is 19.0 Å². The summed E-state index contributed by atoms with van der Waals surface area (Å²) in [5.41, 5.74) is 10.3. The van der Waals surface area contributed by atoms with E-state index in [4.69, 9.17) is 5.73 Å². The van der Waals surface area contributed by atoms with Gasteiger partial charge in [-0.1, -0.05) is 6.92 Å². The van der Waals surface area contributed by atoms with Crippen LogP contribution in [-0.2, 0) is 4.79 Å². The van der Waals surface area contributed by atoms with Gasteiger partial charge in [-0.15, -0.1) is 0 Å². The second-order valence-corrected chi connectivity index (χ2v) is 1.62. The standard InChI is InChI=1S/C5H13N3O/c1-2-5(9)8-7-4-3-6/h7H,2-4,6H2,1H3,(H,8,9). The zero-order valence-corrected chi connectivity index (χ0v) is 5.61. The molecule has 0 aliphatic heterocycles. The Morgan fingerprint density at radius 1 is 1.67 bits per heavy atom. The molecule has 0 aliphatic rings. The van der Waals surface area contributed by atoms with Crippen LogP contribution in [0.5, 0.6) is 0 Å². The molecular weight excluding hydrogens is 118 g/mol. The fourth-order valence-electron chi connectivity index (χ4n) is 0.322. The van der Waals surface area contributed by atoms with E-state index >= 15 is 0 Å². The SMILES string of the molecule is CCC(=O)NNCCN. The van der Waals surface area contributed by atoms with E-state index in [0.29, 0.717) is 19.5 Å². The molecule has 0 fully saturated rings. The number of hydrazine groups is 1. The highest BCUT2D eigenvalue weighted by Crippen LogP contribution is 1.69. The van der Waals surface area contributed by atoms with E-state index in [1.807, 2.05) is 0 Å². The molecular formula is C5H13N3O. The number of amides is 1. The Balaban J connectivity index is 2.97. The molecule has 0 bridgehead atoms. The maximum absolute atomic E-state index is 10.5. The average molecular weight is 131 g/mol. The summed E-state index contributed by atoms with van der Waals surface area (Å²) >= 11 is 0. The Morgan fingerprint density at radius 2 is 2.33 bits per heavy atom. The lowest BCUT2D eigenvalue weighted by Crippen LogP contribution is -2.39. The van der Waals surface area contributed by atoms with Crippen molar-refractivity contribution < 1.29 is 4.79 Å². The maximum Gasteiger partial charge on any atom is 0.233 e. The molecule has 4 N–H and O–H groups in total. The second-order valence-electron chi connectivity index (χ2n) is 1.62. The molecule has 0 aromatic heterocycles. The van der Waals surface area contributed by atoms with Crippen LogP contribution in [0.25, 0.3) is 0 Å². The lowest BCUT2D eigenvalue weighted by molar-refractivity contribution is -0.121. The zero-order chi connectivity index (χ0) is 7.11. The molecule has 0 radical (unpaired) electrons. The molecule has 0 saturated heterocycles. The quantitative estimate of drug-likeness (QED) is 0.338. The van der Waals surface area contributed by atoms with Crippen molar-refractivity contribution in [3.05, 3.63) is 0 Å². The van der Waals surface area contributed by atoms with Gasteiger partial charge in [-0.2, -0.15) is 0 Å². The molecule has 0 rings (SSSR count). The van der Waals surface area contributed by atoms with Gasteiger partial charge in [0, 0.05) is 19.5 Å². The van der Waals surface area contributed by atoms with Crippen LogP contribution in [0.4, 0.5) is 0 Å². The topological polar surface area (TPSA) is 67.2 Å². The summed E-state index contributed by atoms with van der Waals surface area (Å²) in [5.74, 6) is -0.0107. The average Bonchev–Trinajstić information content (AvgIpc) is 1.89. The molecule has 1 amide bonds. The molecule has 0 spiro atoms. The monoisotopic (exact) mass is 131 g/mol.